The van der Waals surface area contributed by atoms with Gasteiger partial charge in [-0.3, -0.25) is 9.36 Å². The maximum Gasteiger partial charge on any atom is 0.230 e. The molecule has 0 aliphatic rings. The number of thioether (sulfide) groups is 1. The molecule has 3 aromatic rings. The van der Waals surface area contributed by atoms with E-state index in [1.54, 1.807) is 14.2 Å². The Kier molecular flexibility index (Phi) is 9.18. The van der Waals surface area contributed by atoms with Gasteiger partial charge in [-0.05, 0) is 49.7 Å². The van der Waals surface area contributed by atoms with Crippen LogP contribution in [-0.4, -0.2) is 46.7 Å². The van der Waals surface area contributed by atoms with Crippen LogP contribution in [0.25, 0.3) is 17.1 Å². The molecule has 1 unspecified atom stereocenters. The van der Waals surface area contributed by atoms with Crippen molar-refractivity contribution in [1.29, 1.82) is 0 Å². The van der Waals surface area contributed by atoms with Crippen LogP contribution in [0.4, 0.5) is 0 Å². The van der Waals surface area contributed by atoms with E-state index in [-0.39, 0.29) is 17.7 Å². The Balaban J connectivity index is 1.84. The van der Waals surface area contributed by atoms with E-state index in [2.05, 4.69) is 29.4 Å². The number of amides is 1. The Hall–Kier alpha value is -3.00. The standard InChI is InChI=1S/C25H32N4O3S/c1-5-6-7-10-18(2)26-23(30)17-33-25-28-27-24(21-11-8-9-12-22(21)32-4)29(25)19-13-15-20(31-3)16-14-19/h8-9,11-16,18H,5-7,10,17H2,1-4H3,(H,26,30). The largest absolute Gasteiger partial charge is 0.497 e. The Morgan fingerprint density at radius 1 is 1.06 bits per heavy atom. The summed E-state index contributed by atoms with van der Waals surface area (Å²) in [6, 6.07) is 15.5. The number of benzene rings is 2. The molecule has 2 aromatic carbocycles. The van der Waals surface area contributed by atoms with Gasteiger partial charge in [0.1, 0.15) is 11.5 Å². The van der Waals surface area contributed by atoms with E-state index < -0.39 is 0 Å². The number of methoxy groups -OCH3 is 2. The topological polar surface area (TPSA) is 78.3 Å². The molecule has 0 saturated carbocycles. The summed E-state index contributed by atoms with van der Waals surface area (Å²) in [7, 11) is 3.27. The number of nitrogens with one attached hydrogen (secondary N) is 1. The molecular formula is C25H32N4O3S. The number of rotatable bonds is 12. The number of unbranched alkanes of at least 4 members (excludes halogenated alkanes) is 2. The Morgan fingerprint density at radius 3 is 2.52 bits per heavy atom. The van der Waals surface area contributed by atoms with Crippen LogP contribution in [0.2, 0.25) is 0 Å². The summed E-state index contributed by atoms with van der Waals surface area (Å²) in [6.45, 7) is 4.23. The minimum atomic E-state index is -0.00730. The number of carbonyl (C=O) groups excluding carboxylic acids is 1. The first-order chi connectivity index (χ1) is 16.1. The average Bonchev–Trinajstić information content (AvgIpc) is 3.26. The van der Waals surface area contributed by atoms with Gasteiger partial charge in [0.05, 0.1) is 31.2 Å². The molecule has 0 radical (unpaired) electrons. The van der Waals surface area contributed by atoms with Gasteiger partial charge in [-0.15, -0.1) is 10.2 Å². The predicted molar refractivity (Wildman–Crippen MR) is 132 cm³/mol. The second kappa shape index (κ2) is 12.3. The van der Waals surface area contributed by atoms with Gasteiger partial charge in [0.25, 0.3) is 0 Å². The summed E-state index contributed by atoms with van der Waals surface area (Å²) in [5.74, 6) is 2.37. The first kappa shape index (κ1) is 24.6. The number of para-hydroxylation sites is 1. The lowest BCUT2D eigenvalue weighted by Gasteiger charge is -2.14. The quantitative estimate of drug-likeness (QED) is 0.293. The molecule has 0 bridgehead atoms. The normalized spacial score (nSPS) is 11.8. The molecular weight excluding hydrogens is 436 g/mol. The molecule has 0 aliphatic carbocycles. The lowest BCUT2D eigenvalue weighted by Crippen LogP contribution is -2.33. The van der Waals surface area contributed by atoms with Gasteiger partial charge in [0.15, 0.2) is 11.0 Å². The Bertz CT molecular complexity index is 1040. The van der Waals surface area contributed by atoms with E-state index in [0.717, 1.165) is 29.8 Å². The zero-order valence-electron chi connectivity index (χ0n) is 19.7. The number of aromatic nitrogens is 3. The van der Waals surface area contributed by atoms with Gasteiger partial charge in [-0.2, -0.15) is 0 Å². The number of carbonyl (C=O) groups is 1. The van der Waals surface area contributed by atoms with Crippen LogP contribution in [0.1, 0.15) is 39.5 Å². The summed E-state index contributed by atoms with van der Waals surface area (Å²) in [5.41, 5.74) is 1.70. The number of hydrogen-bond acceptors (Lipinski definition) is 6. The lowest BCUT2D eigenvalue weighted by molar-refractivity contribution is -0.119. The van der Waals surface area contributed by atoms with E-state index in [1.807, 2.05) is 53.1 Å². The molecule has 1 heterocycles. The first-order valence-corrected chi connectivity index (χ1v) is 12.2. The zero-order valence-corrected chi connectivity index (χ0v) is 20.5. The van der Waals surface area contributed by atoms with Gasteiger partial charge >= 0.3 is 0 Å². The fraction of sp³-hybridized carbons (Fsp3) is 0.400. The molecule has 8 heteroatoms. The highest BCUT2D eigenvalue weighted by molar-refractivity contribution is 7.99. The van der Waals surface area contributed by atoms with E-state index in [9.17, 15) is 4.79 Å². The molecule has 0 fully saturated rings. The molecule has 0 saturated heterocycles. The Labute approximate surface area is 199 Å². The lowest BCUT2D eigenvalue weighted by atomic mass is 10.1. The summed E-state index contributed by atoms with van der Waals surface area (Å²) >= 11 is 1.36. The van der Waals surface area contributed by atoms with Crippen LogP contribution in [0, 0.1) is 0 Å². The van der Waals surface area contributed by atoms with Crippen molar-refractivity contribution in [3.8, 4) is 28.6 Å². The maximum atomic E-state index is 12.5. The van der Waals surface area contributed by atoms with Crippen molar-refractivity contribution in [1.82, 2.24) is 20.1 Å². The van der Waals surface area contributed by atoms with Gasteiger partial charge in [0, 0.05) is 6.04 Å². The average molecular weight is 469 g/mol. The van der Waals surface area contributed by atoms with Crippen LogP contribution in [0.5, 0.6) is 11.5 Å². The summed E-state index contributed by atoms with van der Waals surface area (Å²) < 4.78 is 12.8. The second-order valence-electron chi connectivity index (χ2n) is 7.79. The Morgan fingerprint density at radius 2 is 1.82 bits per heavy atom. The number of hydrogen-bond donors (Lipinski definition) is 1. The van der Waals surface area contributed by atoms with Crippen molar-refractivity contribution in [2.45, 2.75) is 50.7 Å². The van der Waals surface area contributed by atoms with Crippen molar-refractivity contribution in [2.75, 3.05) is 20.0 Å². The highest BCUT2D eigenvalue weighted by atomic mass is 32.2. The molecule has 1 aromatic heterocycles. The minimum absolute atomic E-state index is 0.00730. The van der Waals surface area contributed by atoms with Crippen LogP contribution in [-0.2, 0) is 4.79 Å². The van der Waals surface area contributed by atoms with Crippen molar-refractivity contribution in [2.24, 2.45) is 0 Å². The predicted octanol–water partition coefficient (Wildman–Crippen LogP) is 5.13. The first-order valence-electron chi connectivity index (χ1n) is 11.2. The molecule has 3 rings (SSSR count). The highest BCUT2D eigenvalue weighted by Crippen LogP contribution is 2.33. The molecule has 33 heavy (non-hydrogen) atoms. The third-order valence-electron chi connectivity index (χ3n) is 5.29. The van der Waals surface area contributed by atoms with Gasteiger partial charge < -0.3 is 14.8 Å². The van der Waals surface area contributed by atoms with Crippen molar-refractivity contribution in [3.05, 3.63) is 48.5 Å². The SMILES string of the molecule is CCCCCC(C)NC(=O)CSc1nnc(-c2ccccc2OC)n1-c1ccc(OC)cc1. The van der Waals surface area contributed by atoms with Crippen LogP contribution >= 0.6 is 11.8 Å². The second-order valence-corrected chi connectivity index (χ2v) is 8.74. The summed E-state index contributed by atoms with van der Waals surface area (Å²) in [4.78, 5) is 12.5. The molecule has 1 atom stereocenters. The fourth-order valence-corrected chi connectivity index (χ4v) is 4.31. The van der Waals surface area contributed by atoms with Crippen molar-refractivity contribution in [3.63, 3.8) is 0 Å². The van der Waals surface area contributed by atoms with Crippen LogP contribution in [0.15, 0.2) is 53.7 Å². The third kappa shape index (κ3) is 6.51. The molecule has 0 spiro atoms. The number of nitrogens with zero attached hydrogens (tertiary/aromatic N) is 3. The molecule has 1 amide bonds. The molecule has 176 valence electrons. The van der Waals surface area contributed by atoms with Crippen molar-refractivity contribution >= 4 is 17.7 Å². The summed E-state index contributed by atoms with van der Waals surface area (Å²) in [6.07, 6.45) is 4.47. The monoisotopic (exact) mass is 468 g/mol. The van der Waals surface area contributed by atoms with E-state index in [4.69, 9.17) is 9.47 Å². The van der Waals surface area contributed by atoms with Crippen LogP contribution in [0.3, 0.4) is 0 Å². The zero-order chi connectivity index (χ0) is 23.6. The fourth-order valence-electron chi connectivity index (χ4n) is 3.55. The van der Waals surface area contributed by atoms with Gasteiger partial charge in [-0.25, -0.2) is 0 Å². The smallest absolute Gasteiger partial charge is 0.230 e. The van der Waals surface area contributed by atoms with E-state index in [0.29, 0.717) is 16.7 Å². The van der Waals surface area contributed by atoms with Gasteiger partial charge in [0.2, 0.25) is 5.91 Å². The third-order valence-corrected chi connectivity index (χ3v) is 6.22. The van der Waals surface area contributed by atoms with E-state index >= 15 is 0 Å². The van der Waals surface area contributed by atoms with Gasteiger partial charge in [-0.1, -0.05) is 50.1 Å². The minimum Gasteiger partial charge on any atom is -0.497 e. The number of ether oxygens (including phenoxy) is 2. The van der Waals surface area contributed by atoms with Crippen molar-refractivity contribution < 1.29 is 14.3 Å². The maximum absolute atomic E-state index is 12.5. The summed E-state index contributed by atoms with van der Waals surface area (Å²) in [5, 5.41) is 12.6. The molecule has 0 aliphatic heterocycles. The molecule has 1 N–H and O–H groups in total. The highest BCUT2D eigenvalue weighted by Gasteiger charge is 2.20. The molecule has 7 nitrogen and oxygen atoms in total. The van der Waals surface area contributed by atoms with E-state index in [1.165, 1.54) is 24.6 Å². The van der Waals surface area contributed by atoms with Crippen LogP contribution < -0.4 is 14.8 Å².